The van der Waals surface area contributed by atoms with E-state index in [0.29, 0.717) is 24.1 Å². The fourth-order valence-electron chi connectivity index (χ4n) is 4.21. The molecule has 0 saturated heterocycles. The monoisotopic (exact) mass is 440 g/mol. The molecule has 3 aromatic rings. The lowest BCUT2D eigenvalue weighted by Gasteiger charge is -2.14. The van der Waals surface area contributed by atoms with Gasteiger partial charge in [-0.15, -0.1) is 0 Å². The Labute approximate surface area is 192 Å². The van der Waals surface area contributed by atoms with Crippen LogP contribution < -0.4 is 5.32 Å². The van der Waals surface area contributed by atoms with Gasteiger partial charge in [-0.2, -0.15) is 0 Å². The van der Waals surface area contributed by atoms with E-state index in [1.807, 2.05) is 31.2 Å². The molecule has 0 fully saturated rings. The summed E-state index contributed by atoms with van der Waals surface area (Å²) in [5.74, 6) is 5.94. The number of nitro groups is 1. The van der Waals surface area contributed by atoms with Crippen molar-refractivity contribution >= 4 is 11.8 Å². The van der Waals surface area contributed by atoms with Crippen LogP contribution in [0.1, 0.15) is 40.2 Å². The molecule has 0 unspecified atom stereocenters. The average Bonchev–Trinajstić information content (AvgIpc) is 3.12. The minimum atomic E-state index is -0.485. The minimum absolute atomic E-state index is 0.0169. The minimum Gasteiger partial charge on any atom is -0.449 e. The van der Waals surface area contributed by atoms with E-state index < -0.39 is 11.0 Å². The van der Waals surface area contributed by atoms with Crippen molar-refractivity contribution < 1.29 is 14.5 Å². The van der Waals surface area contributed by atoms with Crippen LogP contribution in [0.3, 0.4) is 0 Å². The van der Waals surface area contributed by atoms with Gasteiger partial charge in [-0.05, 0) is 47.7 Å². The molecule has 4 rings (SSSR count). The number of ether oxygens (including phenoxy) is 1. The van der Waals surface area contributed by atoms with E-state index in [-0.39, 0.29) is 18.2 Å². The Balaban J connectivity index is 1.31. The molecule has 1 amide bonds. The fraction of sp³-hybridized carbons (Fsp3) is 0.222. The third-order valence-electron chi connectivity index (χ3n) is 5.83. The highest BCUT2D eigenvalue weighted by Crippen LogP contribution is 2.44. The standard InChI is InChI=1S/C27H24N2O4/c1-18-15-19(2)26(29(31)32)16-20(18)9-7-8-14-28-27(30)33-17-25-23-12-5-3-10-21(23)22-11-4-6-13-24(22)25/h3-6,10-13,15-16,25H,8,14,17H2,1-2H3,(H,28,30). The highest BCUT2D eigenvalue weighted by molar-refractivity contribution is 5.79. The van der Waals surface area contributed by atoms with Crippen LogP contribution in [0.25, 0.3) is 11.1 Å². The van der Waals surface area contributed by atoms with Gasteiger partial charge < -0.3 is 10.1 Å². The summed E-state index contributed by atoms with van der Waals surface area (Å²) in [7, 11) is 0. The number of aryl methyl sites for hydroxylation is 2. The van der Waals surface area contributed by atoms with Gasteiger partial charge >= 0.3 is 6.09 Å². The first-order valence-corrected chi connectivity index (χ1v) is 10.8. The SMILES string of the molecule is Cc1cc(C)c([N+](=O)[O-])cc1C#CCCNC(=O)OCC1c2ccccc2-c2ccccc21. The van der Waals surface area contributed by atoms with E-state index in [0.717, 1.165) is 5.56 Å². The molecule has 3 aromatic carbocycles. The summed E-state index contributed by atoms with van der Waals surface area (Å²) < 4.78 is 5.51. The summed E-state index contributed by atoms with van der Waals surface area (Å²) in [5.41, 5.74) is 6.87. The summed E-state index contributed by atoms with van der Waals surface area (Å²) in [5, 5.41) is 13.8. The lowest BCUT2D eigenvalue weighted by atomic mass is 9.98. The number of amides is 1. The van der Waals surface area contributed by atoms with Crippen molar-refractivity contribution in [2.45, 2.75) is 26.2 Å². The van der Waals surface area contributed by atoms with Crippen molar-refractivity contribution in [1.82, 2.24) is 5.32 Å². The van der Waals surface area contributed by atoms with Crippen molar-refractivity contribution in [2.24, 2.45) is 0 Å². The van der Waals surface area contributed by atoms with Crippen molar-refractivity contribution in [3.05, 3.63) is 98.6 Å². The molecule has 1 aliphatic carbocycles. The maximum absolute atomic E-state index is 12.2. The molecule has 6 heteroatoms. The number of nitro benzene ring substituents is 1. The number of benzene rings is 3. The Morgan fingerprint density at radius 3 is 2.30 bits per heavy atom. The molecule has 0 radical (unpaired) electrons. The maximum Gasteiger partial charge on any atom is 0.407 e. The van der Waals surface area contributed by atoms with Crippen LogP contribution in [-0.4, -0.2) is 24.2 Å². The highest BCUT2D eigenvalue weighted by Gasteiger charge is 2.28. The van der Waals surface area contributed by atoms with Crippen molar-refractivity contribution in [1.29, 1.82) is 0 Å². The van der Waals surface area contributed by atoms with Gasteiger partial charge in [0.2, 0.25) is 0 Å². The normalized spacial score (nSPS) is 11.7. The van der Waals surface area contributed by atoms with Crippen LogP contribution in [0, 0.1) is 35.8 Å². The number of fused-ring (bicyclic) bond motifs is 3. The van der Waals surface area contributed by atoms with E-state index >= 15 is 0 Å². The zero-order valence-corrected chi connectivity index (χ0v) is 18.6. The van der Waals surface area contributed by atoms with Crippen LogP contribution in [0.4, 0.5) is 10.5 Å². The predicted molar refractivity (Wildman–Crippen MR) is 127 cm³/mol. The van der Waals surface area contributed by atoms with Crippen molar-refractivity contribution in [2.75, 3.05) is 13.2 Å². The highest BCUT2D eigenvalue weighted by atomic mass is 16.6. The van der Waals surface area contributed by atoms with Gasteiger partial charge in [0, 0.05) is 36.1 Å². The quantitative estimate of drug-likeness (QED) is 0.246. The molecule has 33 heavy (non-hydrogen) atoms. The Bertz CT molecular complexity index is 1240. The average molecular weight is 440 g/mol. The van der Waals surface area contributed by atoms with Gasteiger partial charge in [-0.1, -0.05) is 60.4 Å². The number of carbonyl (C=O) groups excluding carboxylic acids is 1. The molecule has 0 aromatic heterocycles. The topological polar surface area (TPSA) is 81.5 Å². The summed E-state index contributed by atoms with van der Waals surface area (Å²) in [4.78, 5) is 22.9. The van der Waals surface area contributed by atoms with Gasteiger partial charge in [0.1, 0.15) is 6.61 Å². The molecular formula is C27H24N2O4. The number of hydrogen-bond acceptors (Lipinski definition) is 4. The van der Waals surface area contributed by atoms with E-state index in [4.69, 9.17) is 4.74 Å². The Kier molecular flexibility index (Phi) is 6.41. The summed E-state index contributed by atoms with van der Waals surface area (Å²) in [6.07, 6.45) is -0.0773. The summed E-state index contributed by atoms with van der Waals surface area (Å²) in [6, 6.07) is 19.6. The zero-order valence-electron chi connectivity index (χ0n) is 18.6. The third kappa shape index (κ3) is 4.73. The van der Waals surface area contributed by atoms with Crippen molar-refractivity contribution in [3.63, 3.8) is 0 Å². The fourth-order valence-corrected chi connectivity index (χ4v) is 4.21. The molecule has 0 atom stereocenters. The summed E-state index contributed by atoms with van der Waals surface area (Å²) in [6.45, 7) is 4.17. The molecule has 0 bridgehead atoms. The Morgan fingerprint density at radius 2 is 1.67 bits per heavy atom. The number of nitrogens with one attached hydrogen (secondary N) is 1. The first-order chi connectivity index (χ1) is 16.0. The first-order valence-electron chi connectivity index (χ1n) is 10.8. The Hall–Kier alpha value is -4.11. The number of alkyl carbamates (subject to hydrolysis) is 1. The van der Waals surface area contributed by atoms with Crippen LogP contribution in [0.2, 0.25) is 0 Å². The van der Waals surface area contributed by atoms with Crippen LogP contribution in [-0.2, 0) is 4.74 Å². The summed E-state index contributed by atoms with van der Waals surface area (Å²) >= 11 is 0. The second-order valence-corrected chi connectivity index (χ2v) is 8.01. The lowest BCUT2D eigenvalue weighted by Crippen LogP contribution is -2.26. The van der Waals surface area contributed by atoms with Crippen LogP contribution in [0.15, 0.2) is 60.7 Å². The molecule has 0 saturated carbocycles. The molecular weight excluding hydrogens is 416 g/mol. The molecule has 1 aliphatic rings. The number of rotatable bonds is 5. The van der Waals surface area contributed by atoms with Gasteiger partial charge in [0.05, 0.1) is 4.92 Å². The molecule has 166 valence electrons. The number of carbonyl (C=O) groups is 1. The Morgan fingerprint density at radius 1 is 1.03 bits per heavy atom. The third-order valence-corrected chi connectivity index (χ3v) is 5.83. The maximum atomic E-state index is 12.2. The van der Waals surface area contributed by atoms with Gasteiger partial charge in [-0.3, -0.25) is 10.1 Å². The van der Waals surface area contributed by atoms with Crippen LogP contribution >= 0.6 is 0 Å². The molecule has 6 nitrogen and oxygen atoms in total. The van der Waals surface area contributed by atoms with E-state index in [2.05, 4.69) is 41.4 Å². The van der Waals surface area contributed by atoms with E-state index in [1.54, 1.807) is 13.0 Å². The van der Waals surface area contributed by atoms with Gasteiger partial charge in [0.25, 0.3) is 5.69 Å². The zero-order chi connectivity index (χ0) is 23.4. The second-order valence-electron chi connectivity index (χ2n) is 8.01. The molecule has 0 aliphatic heterocycles. The predicted octanol–water partition coefficient (Wildman–Crippen LogP) is 5.49. The number of hydrogen-bond donors (Lipinski definition) is 1. The molecule has 0 spiro atoms. The largest absolute Gasteiger partial charge is 0.449 e. The van der Waals surface area contributed by atoms with E-state index in [9.17, 15) is 14.9 Å². The van der Waals surface area contributed by atoms with E-state index in [1.165, 1.54) is 28.3 Å². The van der Waals surface area contributed by atoms with Gasteiger partial charge in [-0.25, -0.2) is 4.79 Å². The smallest absolute Gasteiger partial charge is 0.407 e. The molecule has 0 heterocycles. The van der Waals surface area contributed by atoms with Gasteiger partial charge in [0.15, 0.2) is 0 Å². The number of nitrogens with zero attached hydrogens (tertiary/aromatic N) is 1. The first kappa shape index (κ1) is 22.1. The molecule has 1 N–H and O–H groups in total. The van der Waals surface area contributed by atoms with Crippen LogP contribution in [0.5, 0.6) is 0 Å². The second kappa shape index (κ2) is 9.58. The lowest BCUT2D eigenvalue weighted by molar-refractivity contribution is -0.385. The van der Waals surface area contributed by atoms with Crippen molar-refractivity contribution in [3.8, 4) is 23.0 Å².